The molecular formula is C23H19F3N4O3. The molecule has 33 heavy (non-hydrogen) atoms. The second kappa shape index (κ2) is 11.3. The third-order valence-electron chi connectivity index (χ3n) is 3.78. The first kappa shape index (κ1) is 24.9. The number of nitriles is 1. The SMILES string of the molecule is CN(C)/C=C/C(=O)c1nn(-c2cccc(OC(F)(F)F)c2)ccc1=O.N#Cc1ccccc1. The highest BCUT2D eigenvalue weighted by Gasteiger charge is 2.31. The van der Waals surface area contributed by atoms with Crippen LogP contribution in [0.25, 0.3) is 5.69 Å². The number of alkyl halides is 3. The van der Waals surface area contributed by atoms with Gasteiger partial charge in [0.15, 0.2) is 5.69 Å². The van der Waals surface area contributed by atoms with E-state index in [1.807, 2.05) is 24.3 Å². The Balaban J connectivity index is 0.000000405. The number of hydrogen-bond acceptors (Lipinski definition) is 6. The molecule has 3 rings (SSSR count). The number of ketones is 1. The van der Waals surface area contributed by atoms with Crippen LogP contribution in [0.15, 0.2) is 83.9 Å². The van der Waals surface area contributed by atoms with Crippen molar-refractivity contribution in [3.8, 4) is 17.5 Å². The summed E-state index contributed by atoms with van der Waals surface area (Å²) >= 11 is 0. The standard InChI is InChI=1S/C16H14F3N3O3.C7H5N/c1-21(2)8-6-13(23)15-14(24)7-9-22(20-15)11-4-3-5-12(10-11)25-16(17,18)19;8-6-7-4-2-1-3-5-7/h3-10H,1-2H3;1-5H/b8-6+;. The van der Waals surface area contributed by atoms with E-state index in [1.54, 1.807) is 31.1 Å². The molecule has 170 valence electrons. The van der Waals surface area contributed by atoms with Crippen LogP contribution in [0, 0.1) is 11.3 Å². The number of nitrogens with zero attached hydrogens (tertiary/aromatic N) is 4. The van der Waals surface area contributed by atoms with Gasteiger partial charge in [0.2, 0.25) is 11.2 Å². The van der Waals surface area contributed by atoms with E-state index in [9.17, 15) is 22.8 Å². The van der Waals surface area contributed by atoms with Crippen molar-refractivity contribution in [1.29, 1.82) is 5.26 Å². The third-order valence-corrected chi connectivity index (χ3v) is 3.78. The van der Waals surface area contributed by atoms with Crippen LogP contribution in [0.5, 0.6) is 5.75 Å². The largest absolute Gasteiger partial charge is 0.573 e. The molecule has 0 aliphatic carbocycles. The molecule has 10 heteroatoms. The van der Waals surface area contributed by atoms with E-state index < -0.39 is 23.3 Å². The number of aromatic nitrogens is 2. The first-order valence-corrected chi connectivity index (χ1v) is 9.39. The molecule has 0 N–H and O–H groups in total. The van der Waals surface area contributed by atoms with Crippen molar-refractivity contribution in [3.63, 3.8) is 0 Å². The van der Waals surface area contributed by atoms with Gasteiger partial charge in [-0.1, -0.05) is 24.3 Å². The molecule has 0 spiro atoms. The van der Waals surface area contributed by atoms with Crippen molar-refractivity contribution in [2.45, 2.75) is 6.36 Å². The van der Waals surface area contributed by atoms with Crippen LogP contribution in [-0.2, 0) is 0 Å². The molecule has 0 aliphatic rings. The lowest BCUT2D eigenvalue weighted by atomic mass is 10.2. The molecule has 1 aromatic heterocycles. The van der Waals surface area contributed by atoms with Crippen LogP contribution in [0.1, 0.15) is 16.1 Å². The highest BCUT2D eigenvalue weighted by molar-refractivity contribution is 6.02. The molecule has 0 unspecified atom stereocenters. The Hall–Kier alpha value is -4.39. The predicted molar refractivity (Wildman–Crippen MR) is 115 cm³/mol. The van der Waals surface area contributed by atoms with Crippen molar-refractivity contribution >= 4 is 5.78 Å². The average molecular weight is 456 g/mol. The molecule has 0 radical (unpaired) electrons. The smallest absolute Gasteiger partial charge is 0.406 e. The van der Waals surface area contributed by atoms with Gasteiger partial charge >= 0.3 is 6.36 Å². The van der Waals surface area contributed by atoms with Crippen LogP contribution < -0.4 is 10.2 Å². The van der Waals surface area contributed by atoms with Crippen molar-refractivity contribution in [2.24, 2.45) is 0 Å². The van der Waals surface area contributed by atoms with Crippen molar-refractivity contribution in [2.75, 3.05) is 14.1 Å². The zero-order valence-corrected chi connectivity index (χ0v) is 17.7. The molecule has 0 saturated heterocycles. The summed E-state index contributed by atoms with van der Waals surface area (Å²) in [6.07, 6.45) is -0.939. The van der Waals surface area contributed by atoms with Gasteiger partial charge in [0.25, 0.3) is 0 Å². The van der Waals surface area contributed by atoms with Gasteiger partial charge in [0.05, 0.1) is 17.3 Å². The lowest BCUT2D eigenvalue weighted by Crippen LogP contribution is -2.20. The zero-order valence-electron chi connectivity index (χ0n) is 17.7. The third kappa shape index (κ3) is 8.34. The summed E-state index contributed by atoms with van der Waals surface area (Å²) in [6, 6.07) is 17.3. The number of carbonyl (C=O) groups is 1. The summed E-state index contributed by atoms with van der Waals surface area (Å²) in [5.41, 5.74) is -0.0185. The van der Waals surface area contributed by atoms with Crippen LogP contribution in [0.3, 0.4) is 0 Å². The minimum Gasteiger partial charge on any atom is -0.406 e. The minimum atomic E-state index is -4.83. The number of carbonyl (C=O) groups excluding carboxylic acids is 1. The van der Waals surface area contributed by atoms with Gasteiger partial charge in [-0.25, -0.2) is 4.68 Å². The average Bonchev–Trinajstić information content (AvgIpc) is 2.78. The van der Waals surface area contributed by atoms with Gasteiger partial charge in [0.1, 0.15) is 5.75 Å². The van der Waals surface area contributed by atoms with Gasteiger partial charge in [-0.2, -0.15) is 10.4 Å². The van der Waals surface area contributed by atoms with Crippen molar-refractivity contribution in [1.82, 2.24) is 14.7 Å². The highest BCUT2D eigenvalue weighted by atomic mass is 19.4. The van der Waals surface area contributed by atoms with E-state index in [-0.39, 0.29) is 11.4 Å². The van der Waals surface area contributed by atoms with Gasteiger partial charge in [-0.3, -0.25) is 9.59 Å². The molecule has 1 heterocycles. The first-order chi connectivity index (χ1) is 15.6. The molecule has 0 bridgehead atoms. The van der Waals surface area contributed by atoms with Crippen molar-refractivity contribution in [3.05, 3.63) is 101 Å². The van der Waals surface area contributed by atoms with Crippen LogP contribution in [0.4, 0.5) is 13.2 Å². The minimum absolute atomic E-state index is 0.201. The fraction of sp³-hybridized carbons (Fsp3) is 0.130. The summed E-state index contributed by atoms with van der Waals surface area (Å²) in [4.78, 5) is 25.5. The molecule has 0 atom stereocenters. The topological polar surface area (TPSA) is 88.2 Å². The second-order valence-electron chi connectivity index (χ2n) is 6.64. The summed E-state index contributed by atoms with van der Waals surface area (Å²) in [7, 11) is 3.40. The van der Waals surface area contributed by atoms with Crippen LogP contribution in [-0.4, -0.2) is 40.9 Å². The van der Waals surface area contributed by atoms with E-state index in [0.29, 0.717) is 5.56 Å². The monoisotopic (exact) mass is 456 g/mol. The molecular weight excluding hydrogens is 437 g/mol. The van der Waals surface area contributed by atoms with E-state index in [1.165, 1.54) is 30.6 Å². The van der Waals surface area contributed by atoms with E-state index >= 15 is 0 Å². The van der Waals surface area contributed by atoms with Crippen LogP contribution in [0.2, 0.25) is 0 Å². The molecule has 7 nitrogen and oxygen atoms in total. The highest BCUT2D eigenvalue weighted by Crippen LogP contribution is 2.24. The Kier molecular flexibility index (Phi) is 8.51. The van der Waals surface area contributed by atoms with Gasteiger partial charge in [-0.15, -0.1) is 13.2 Å². The maximum Gasteiger partial charge on any atom is 0.573 e. The van der Waals surface area contributed by atoms with E-state index in [4.69, 9.17) is 5.26 Å². The fourth-order valence-electron chi connectivity index (χ4n) is 2.35. The molecule has 0 saturated carbocycles. The number of allylic oxidation sites excluding steroid dienone is 1. The fourth-order valence-corrected chi connectivity index (χ4v) is 2.35. The quantitative estimate of drug-likeness (QED) is 0.427. The summed E-state index contributed by atoms with van der Waals surface area (Å²) < 4.78 is 41.9. The maximum absolute atomic E-state index is 12.3. The van der Waals surface area contributed by atoms with Gasteiger partial charge in [0, 0.05) is 44.7 Å². The molecule has 0 fully saturated rings. The summed E-state index contributed by atoms with van der Waals surface area (Å²) in [5, 5.41) is 12.2. The lowest BCUT2D eigenvalue weighted by molar-refractivity contribution is -0.274. The predicted octanol–water partition coefficient (Wildman–Crippen LogP) is 3.95. The number of halogens is 3. The second-order valence-corrected chi connectivity index (χ2v) is 6.64. The molecule has 0 amide bonds. The van der Waals surface area contributed by atoms with Gasteiger partial charge in [-0.05, 0) is 24.3 Å². The first-order valence-electron chi connectivity index (χ1n) is 9.39. The summed E-state index contributed by atoms with van der Waals surface area (Å²) in [5.74, 6) is -1.05. The molecule has 3 aromatic rings. The molecule has 2 aromatic carbocycles. The lowest BCUT2D eigenvalue weighted by Gasteiger charge is -2.11. The van der Waals surface area contributed by atoms with Crippen molar-refractivity contribution < 1.29 is 22.7 Å². The zero-order chi connectivity index (χ0) is 24.4. The Morgan fingerprint density at radius 1 is 1.12 bits per heavy atom. The van der Waals surface area contributed by atoms with Crippen LogP contribution >= 0.6 is 0 Å². The number of benzene rings is 2. The normalized spacial score (nSPS) is 10.7. The summed E-state index contributed by atoms with van der Waals surface area (Å²) in [6.45, 7) is 0. The number of hydrogen-bond donors (Lipinski definition) is 0. The molecule has 0 aliphatic heterocycles. The Morgan fingerprint density at radius 3 is 2.39 bits per heavy atom. The Bertz CT molecular complexity index is 1210. The maximum atomic E-state index is 12.3. The van der Waals surface area contributed by atoms with E-state index in [0.717, 1.165) is 22.9 Å². The van der Waals surface area contributed by atoms with Gasteiger partial charge < -0.3 is 9.64 Å². The number of ether oxygens (including phenoxy) is 1. The number of rotatable bonds is 5. The Morgan fingerprint density at radius 2 is 1.82 bits per heavy atom. The van der Waals surface area contributed by atoms with E-state index in [2.05, 4.69) is 9.84 Å². The Labute approximate surface area is 187 Å².